The van der Waals surface area contributed by atoms with Crippen LogP contribution in [-0.4, -0.2) is 15.8 Å². The Bertz CT molecular complexity index is 558. The van der Waals surface area contributed by atoms with Crippen molar-refractivity contribution in [2.75, 3.05) is 0 Å². The Balaban J connectivity index is 2.32. The monoisotopic (exact) mass is 285 g/mol. The van der Waals surface area contributed by atoms with E-state index in [1.165, 1.54) is 24.5 Å². The van der Waals surface area contributed by atoms with Crippen molar-refractivity contribution < 1.29 is 8.78 Å². The molecular formula is C13H14ClF2N3. The third-order valence-electron chi connectivity index (χ3n) is 2.57. The second-order valence-corrected chi connectivity index (χ2v) is 4.98. The van der Waals surface area contributed by atoms with Gasteiger partial charge in [0.1, 0.15) is 5.69 Å². The molecule has 0 aliphatic rings. The van der Waals surface area contributed by atoms with E-state index >= 15 is 0 Å². The van der Waals surface area contributed by atoms with Gasteiger partial charge in [0.25, 0.3) is 0 Å². The molecule has 0 bridgehead atoms. The molecule has 0 unspecified atom stereocenters. The van der Waals surface area contributed by atoms with Crippen molar-refractivity contribution >= 4 is 11.6 Å². The Morgan fingerprint density at radius 1 is 1.32 bits per heavy atom. The first-order chi connectivity index (χ1) is 8.97. The Morgan fingerprint density at radius 2 is 1.95 bits per heavy atom. The lowest BCUT2D eigenvalue weighted by Gasteiger charge is -2.11. The van der Waals surface area contributed by atoms with Gasteiger partial charge < -0.3 is 5.32 Å². The fourth-order valence-corrected chi connectivity index (χ4v) is 1.82. The van der Waals surface area contributed by atoms with Crippen LogP contribution < -0.4 is 5.32 Å². The minimum atomic E-state index is -0.666. The molecule has 1 aromatic heterocycles. The second kappa shape index (κ2) is 5.67. The van der Waals surface area contributed by atoms with Gasteiger partial charge in [0.05, 0.1) is 11.2 Å². The summed E-state index contributed by atoms with van der Waals surface area (Å²) in [6, 6.07) is 2.84. The second-order valence-electron chi connectivity index (χ2n) is 4.55. The zero-order valence-electron chi connectivity index (χ0n) is 10.6. The Morgan fingerprint density at radius 3 is 2.42 bits per heavy atom. The van der Waals surface area contributed by atoms with Crippen LogP contribution in [-0.2, 0) is 6.54 Å². The van der Waals surface area contributed by atoms with Crippen LogP contribution >= 0.6 is 11.6 Å². The molecule has 0 aliphatic heterocycles. The van der Waals surface area contributed by atoms with E-state index in [-0.39, 0.29) is 11.7 Å². The van der Waals surface area contributed by atoms with Gasteiger partial charge in [-0.2, -0.15) is 5.10 Å². The number of hydrogen-bond acceptors (Lipinski definition) is 2. The molecule has 19 heavy (non-hydrogen) atoms. The largest absolute Gasteiger partial charge is 0.310 e. The van der Waals surface area contributed by atoms with Crippen LogP contribution in [0.4, 0.5) is 8.78 Å². The van der Waals surface area contributed by atoms with Gasteiger partial charge in [-0.15, -0.1) is 0 Å². The Labute approximate surface area is 115 Å². The molecule has 0 radical (unpaired) electrons. The Kier molecular flexibility index (Phi) is 4.17. The molecule has 0 saturated carbocycles. The minimum absolute atomic E-state index is 0.222. The van der Waals surface area contributed by atoms with E-state index in [1.807, 2.05) is 13.8 Å². The number of halogens is 3. The van der Waals surface area contributed by atoms with E-state index < -0.39 is 11.6 Å². The first-order valence-electron chi connectivity index (χ1n) is 5.89. The molecule has 0 aliphatic carbocycles. The average Bonchev–Trinajstić information content (AvgIpc) is 2.72. The summed E-state index contributed by atoms with van der Waals surface area (Å²) in [5, 5.41) is 7.23. The van der Waals surface area contributed by atoms with Crippen LogP contribution in [0, 0.1) is 11.6 Å². The third-order valence-corrected chi connectivity index (χ3v) is 2.77. The van der Waals surface area contributed by atoms with Crippen molar-refractivity contribution in [1.82, 2.24) is 15.1 Å². The molecule has 0 spiro atoms. The molecule has 6 heteroatoms. The van der Waals surface area contributed by atoms with Gasteiger partial charge >= 0.3 is 0 Å². The van der Waals surface area contributed by atoms with E-state index in [4.69, 9.17) is 11.6 Å². The minimum Gasteiger partial charge on any atom is -0.310 e. The molecule has 0 amide bonds. The average molecular weight is 286 g/mol. The highest BCUT2D eigenvalue weighted by molar-refractivity contribution is 6.30. The molecule has 0 saturated heterocycles. The SMILES string of the molecule is CC(C)NCc1cc(F)c(-n2cc(Cl)cn2)c(F)c1. The number of benzene rings is 1. The summed E-state index contributed by atoms with van der Waals surface area (Å²) in [5.41, 5.74) is 0.325. The number of nitrogens with zero attached hydrogens (tertiary/aromatic N) is 2. The molecular weight excluding hydrogens is 272 g/mol. The maximum atomic E-state index is 14.0. The molecule has 2 rings (SSSR count). The summed E-state index contributed by atoms with van der Waals surface area (Å²) in [6.07, 6.45) is 2.68. The zero-order chi connectivity index (χ0) is 14.0. The standard InChI is InChI=1S/C13H14ClF2N3/c1-8(2)17-5-9-3-11(15)13(12(16)4-9)19-7-10(14)6-18-19/h3-4,6-8,17H,5H2,1-2H3. The van der Waals surface area contributed by atoms with E-state index in [2.05, 4.69) is 10.4 Å². The number of aromatic nitrogens is 2. The summed E-state index contributed by atoms with van der Waals surface area (Å²) in [7, 11) is 0. The summed E-state index contributed by atoms with van der Waals surface area (Å²) in [6.45, 7) is 4.34. The van der Waals surface area contributed by atoms with Gasteiger partial charge in [-0.3, -0.25) is 0 Å². The van der Waals surface area contributed by atoms with Crippen molar-refractivity contribution in [3.63, 3.8) is 0 Å². The lowest BCUT2D eigenvalue weighted by molar-refractivity contribution is 0.546. The highest BCUT2D eigenvalue weighted by Gasteiger charge is 2.14. The van der Waals surface area contributed by atoms with Crippen molar-refractivity contribution in [1.29, 1.82) is 0 Å². The normalized spacial score (nSPS) is 11.3. The van der Waals surface area contributed by atoms with E-state index in [1.54, 1.807) is 0 Å². The Hall–Kier alpha value is -1.46. The topological polar surface area (TPSA) is 29.9 Å². The molecule has 102 valence electrons. The van der Waals surface area contributed by atoms with E-state index in [9.17, 15) is 8.78 Å². The smallest absolute Gasteiger partial charge is 0.152 e. The summed E-state index contributed by atoms with van der Waals surface area (Å²) in [5.74, 6) is -1.33. The van der Waals surface area contributed by atoms with Gasteiger partial charge in [-0.1, -0.05) is 25.4 Å². The maximum Gasteiger partial charge on any atom is 0.152 e. The zero-order valence-corrected chi connectivity index (χ0v) is 11.4. The first kappa shape index (κ1) is 14.0. The highest BCUT2D eigenvalue weighted by Crippen LogP contribution is 2.20. The fourth-order valence-electron chi connectivity index (χ4n) is 1.68. The molecule has 0 atom stereocenters. The predicted molar refractivity (Wildman–Crippen MR) is 70.5 cm³/mol. The van der Waals surface area contributed by atoms with E-state index in [0.29, 0.717) is 17.1 Å². The van der Waals surface area contributed by atoms with Crippen LogP contribution in [0.25, 0.3) is 5.69 Å². The number of rotatable bonds is 4. The maximum absolute atomic E-state index is 14.0. The third kappa shape index (κ3) is 3.30. The van der Waals surface area contributed by atoms with Crippen LogP contribution in [0.3, 0.4) is 0 Å². The molecule has 1 aromatic carbocycles. The van der Waals surface area contributed by atoms with Crippen molar-refractivity contribution in [2.24, 2.45) is 0 Å². The molecule has 2 aromatic rings. The quantitative estimate of drug-likeness (QED) is 0.934. The van der Waals surface area contributed by atoms with Gasteiger partial charge in [-0.25, -0.2) is 13.5 Å². The highest BCUT2D eigenvalue weighted by atomic mass is 35.5. The lowest BCUT2D eigenvalue weighted by atomic mass is 10.1. The summed E-state index contributed by atoms with van der Waals surface area (Å²) in [4.78, 5) is 0. The van der Waals surface area contributed by atoms with Crippen molar-refractivity contribution in [2.45, 2.75) is 26.4 Å². The molecule has 1 N–H and O–H groups in total. The van der Waals surface area contributed by atoms with Crippen LogP contribution in [0.1, 0.15) is 19.4 Å². The first-order valence-corrected chi connectivity index (χ1v) is 6.27. The number of hydrogen-bond donors (Lipinski definition) is 1. The molecule has 3 nitrogen and oxygen atoms in total. The van der Waals surface area contributed by atoms with Gasteiger partial charge in [-0.05, 0) is 17.7 Å². The van der Waals surface area contributed by atoms with Crippen LogP contribution in [0.5, 0.6) is 0 Å². The van der Waals surface area contributed by atoms with Crippen LogP contribution in [0.2, 0.25) is 5.02 Å². The van der Waals surface area contributed by atoms with Gasteiger partial charge in [0.15, 0.2) is 11.6 Å². The number of nitrogens with one attached hydrogen (secondary N) is 1. The van der Waals surface area contributed by atoms with E-state index in [0.717, 1.165) is 4.68 Å². The summed E-state index contributed by atoms with van der Waals surface area (Å²) >= 11 is 5.69. The van der Waals surface area contributed by atoms with Gasteiger partial charge in [0.2, 0.25) is 0 Å². The van der Waals surface area contributed by atoms with Crippen molar-refractivity contribution in [3.8, 4) is 5.69 Å². The predicted octanol–water partition coefficient (Wildman–Crippen LogP) is 3.30. The molecule has 0 fully saturated rings. The molecule has 1 heterocycles. The van der Waals surface area contributed by atoms with Crippen molar-refractivity contribution in [3.05, 3.63) is 46.7 Å². The lowest BCUT2D eigenvalue weighted by Crippen LogP contribution is -2.22. The van der Waals surface area contributed by atoms with Crippen LogP contribution in [0.15, 0.2) is 24.5 Å². The summed E-state index contributed by atoms with van der Waals surface area (Å²) < 4.78 is 29.0. The fraction of sp³-hybridized carbons (Fsp3) is 0.308. The van der Waals surface area contributed by atoms with Gasteiger partial charge in [0, 0.05) is 18.8 Å².